The smallest absolute Gasteiger partial charge is 0.272 e. The van der Waals surface area contributed by atoms with Gasteiger partial charge in [0, 0.05) is 37.0 Å². The lowest BCUT2D eigenvalue weighted by Gasteiger charge is -2.13. The topological polar surface area (TPSA) is 90.3 Å². The van der Waals surface area contributed by atoms with Gasteiger partial charge in [-0.15, -0.1) is 0 Å². The predicted octanol–water partition coefficient (Wildman–Crippen LogP) is 4.36. The number of methoxy groups -OCH3 is 2. The van der Waals surface area contributed by atoms with Crippen molar-refractivity contribution in [3.8, 4) is 11.5 Å². The molecule has 2 heterocycles. The summed E-state index contributed by atoms with van der Waals surface area (Å²) in [6, 6.07) is 11.8. The molecule has 1 amide bonds. The van der Waals surface area contributed by atoms with E-state index in [0.29, 0.717) is 29.3 Å². The van der Waals surface area contributed by atoms with Crippen LogP contribution in [0, 0.1) is 5.82 Å². The average molecular weight is 464 g/mol. The maximum Gasteiger partial charge on any atom is 0.272 e. The molecule has 176 valence electrons. The predicted molar refractivity (Wildman–Crippen MR) is 128 cm³/mol. The average Bonchev–Trinajstić information content (AvgIpc) is 3.23. The van der Waals surface area contributed by atoms with Gasteiger partial charge in [0.2, 0.25) is 0 Å². The number of rotatable bonds is 8. The zero-order valence-corrected chi connectivity index (χ0v) is 19.5. The summed E-state index contributed by atoms with van der Waals surface area (Å²) in [6.45, 7) is 2.18. The SMILES string of the molecule is CCc1cc(F)ccc1Nc1cc2c(ncn2C)c(C(=O)NCc2ccc(OC)cc2OC)n1. The van der Waals surface area contributed by atoms with Gasteiger partial charge in [0.1, 0.15) is 28.7 Å². The van der Waals surface area contributed by atoms with Crippen LogP contribution < -0.4 is 20.1 Å². The number of ether oxygens (including phenoxy) is 2. The van der Waals surface area contributed by atoms with Crippen molar-refractivity contribution in [3.63, 3.8) is 0 Å². The van der Waals surface area contributed by atoms with Crippen LogP contribution in [0.3, 0.4) is 0 Å². The number of pyridine rings is 1. The molecule has 2 aromatic carbocycles. The molecular weight excluding hydrogens is 437 g/mol. The first-order valence-electron chi connectivity index (χ1n) is 10.8. The molecule has 2 aromatic heterocycles. The summed E-state index contributed by atoms with van der Waals surface area (Å²) in [5.41, 5.74) is 3.75. The molecule has 0 spiro atoms. The molecule has 4 rings (SSSR count). The zero-order chi connectivity index (χ0) is 24.2. The second-order valence-corrected chi connectivity index (χ2v) is 7.72. The maximum absolute atomic E-state index is 13.7. The molecule has 9 heteroatoms. The lowest BCUT2D eigenvalue weighted by molar-refractivity contribution is 0.0947. The van der Waals surface area contributed by atoms with Crippen LogP contribution in [0.5, 0.6) is 11.5 Å². The first-order chi connectivity index (χ1) is 16.4. The van der Waals surface area contributed by atoms with Crippen molar-refractivity contribution in [1.82, 2.24) is 19.9 Å². The van der Waals surface area contributed by atoms with Crippen LogP contribution in [-0.2, 0) is 20.0 Å². The fourth-order valence-electron chi connectivity index (χ4n) is 3.72. The maximum atomic E-state index is 13.7. The van der Waals surface area contributed by atoms with Gasteiger partial charge in [0.05, 0.1) is 26.1 Å². The lowest BCUT2D eigenvalue weighted by atomic mass is 10.1. The number of halogens is 1. The molecule has 0 saturated carbocycles. The van der Waals surface area contributed by atoms with E-state index in [-0.39, 0.29) is 24.0 Å². The number of benzene rings is 2. The molecular formula is C25H26FN5O3. The van der Waals surface area contributed by atoms with Gasteiger partial charge in [0.25, 0.3) is 5.91 Å². The highest BCUT2D eigenvalue weighted by molar-refractivity contribution is 6.04. The van der Waals surface area contributed by atoms with Gasteiger partial charge in [-0.05, 0) is 42.3 Å². The first-order valence-corrected chi connectivity index (χ1v) is 10.8. The van der Waals surface area contributed by atoms with Crippen LogP contribution in [0.25, 0.3) is 11.0 Å². The van der Waals surface area contributed by atoms with E-state index >= 15 is 0 Å². The van der Waals surface area contributed by atoms with Crippen LogP contribution in [0.2, 0.25) is 0 Å². The number of aryl methyl sites for hydroxylation is 2. The van der Waals surface area contributed by atoms with Crippen LogP contribution in [0.1, 0.15) is 28.5 Å². The normalized spacial score (nSPS) is 10.9. The largest absolute Gasteiger partial charge is 0.497 e. The third-order valence-corrected chi connectivity index (χ3v) is 5.57. The minimum Gasteiger partial charge on any atom is -0.497 e. The third kappa shape index (κ3) is 4.63. The van der Waals surface area contributed by atoms with Gasteiger partial charge >= 0.3 is 0 Å². The Balaban J connectivity index is 1.64. The van der Waals surface area contributed by atoms with Crippen LogP contribution in [0.15, 0.2) is 48.8 Å². The Bertz CT molecular complexity index is 1350. The van der Waals surface area contributed by atoms with Crippen molar-refractivity contribution in [2.75, 3.05) is 19.5 Å². The molecule has 0 atom stereocenters. The van der Waals surface area contributed by atoms with Crippen LogP contribution in [0.4, 0.5) is 15.9 Å². The van der Waals surface area contributed by atoms with Gasteiger partial charge in [-0.25, -0.2) is 14.4 Å². The highest BCUT2D eigenvalue weighted by atomic mass is 19.1. The summed E-state index contributed by atoms with van der Waals surface area (Å²) >= 11 is 0. The molecule has 0 fully saturated rings. The summed E-state index contributed by atoms with van der Waals surface area (Å²) in [5.74, 6) is 1.06. The summed E-state index contributed by atoms with van der Waals surface area (Å²) in [7, 11) is 4.99. The molecule has 0 bridgehead atoms. The standard InChI is InChI=1S/C25H26FN5O3/c1-5-15-10-17(26)7-9-19(15)29-22-12-20-23(28-14-31(20)2)24(30-22)25(32)27-13-16-6-8-18(33-3)11-21(16)34-4/h6-12,14H,5,13H2,1-4H3,(H,27,32)(H,29,30). The van der Waals surface area contributed by atoms with E-state index in [2.05, 4.69) is 20.6 Å². The lowest BCUT2D eigenvalue weighted by Crippen LogP contribution is -2.24. The first kappa shape index (κ1) is 23.0. The molecule has 0 aliphatic heterocycles. The van der Waals surface area contributed by atoms with Gasteiger partial charge in [-0.2, -0.15) is 0 Å². The highest BCUT2D eigenvalue weighted by Crippen LogP contribution is 2.27. The Morgan fingerprint density at radius 3 is 2.65 bits per heavy atom. The number of amides is 1. The van der Waals surface area contributed by atoms with Gasteiger partial charge < -0.3 is 24.7 Å². The molecule has 8 nitrogen and oxygen atoms in total. The van der Waals surface area contributed by atoms with E-state index in [9.17, 15) is 9.18 Å². The van der Waals surface area contributed by atoms with Gasteiger partial charge in [-0.1, -0.05) is 6.92 Å². The Morgan fingerprint density at radius 2 is 1.91 bits per heavy atom. The van der Waals surface area contributed by atoms with Crippen molar-refractivity contribution in [1.29, 1.82) is 0 Å². The van der Waals surface area contributed by atoms with E-state index in [1.165, 1.54) is 12.1 Å². The Hall–Kier alpha value is -4.14. The molecule has 0 saturated heterocycles. The van der Waals surface area contributed by atoms with E-state index < -0.39 is 0 Å². The Morgan fingerprint density at radius 1 is 1.09 bits per heavy atom. The quantitative estimate of drug-likeness (QED) is 0.404. The van der Waals surface area contributed by atoms with E-state index in [0.717, 1.165) is 22.3 Å². The second-order valence-electron chi connectivity index (χ2n) is 7.72. The summed E-state index contributed by atoms with van der Waals surface area (Å²) in [5, 5.41) is 6.13. The van der Waals surface area contributed by atoms with Crippen LogP contribution >= 0.6 is 0 Å². The van der Waals surface area contributed by atoms with Gasteiger partial charge in [0.15, 0.2) is 5.69 Å². The molecule has 34 heavy (non-hydrogen) atoms. The van der Waals surface area contributed by atoms with E-state index in [1.54, 1.807) is 38.7 Å². The summed E-state index contributed by atoms with van der Waals surface area (Å²) in [4.78, 5) is 22.1. The minimum absolute atomic E-state index is 0.188. The number of imidazole rings is 1. The molecule has 0 aliphatic rings. The number of hydrogen-bond donors (Lipinski definition) is 2. The number of anilines is 2. The summed E-state index contributed by atoms with van der Waals surface area (Å²) < 4.78 is 26.1. The van der Waals surface area contributed by atoms with Gasteiger partial charge in [-0.3, -0.25) is 4.79 Å². The molecule has 4 aromatic rings. The fourth-order valence-corrected chi connectivity index (χ4v) is 3.72. The number of carbonyl (C=O) groups is 1. The highest BCUT2D eigenvalue weighted by Gasteiger charge is 2.18. The van der Waals surface area contributed by atoms with Crippen molar-refractivity contribution in [2.24, 2.45) is 7.05 Å². The minimum atomic E-state index is -0.375. The monoisotopic (exact) mass is 463 g/mol. The Labute approximate surface area is 196 Å². The van der Waals surface area contributed by atoms with E-state index in [1.807, 2.05) is 30.7 Å². The van der Waals surface area contributed by atoms with Crippen molar-refractivity contribution in [2.45, 2.75) is 19.9 Å². The molecule has 0 radical (unpaired) electrons. The van der Waals surface area contributed by atoms with Crippen molar-refractivity contribution in [3.05, 3.63) is 71.4 Å². The van der Waals surface area contributed by atoms with Crippen LogP contribution in [-0.4, -0.2) is 34.7 Å². The Kier molecular flexibility index (Phi) is 6.62. The number of nitrogens with zero attached hydrogens (tertiary/aromatic N) is 3. The number of nitrogens with one attached hydrogen (secondary N) is 2. The van der Waals surface area contributed by atoms with Crippen molar-refractivity contribution >= 4 is 28.4 Å². The number of fused-ring (bicyclic) bond motifs is 1. The summed E-state index contributed by atoms with van der Waals surface area (Å²) in [6.07, 6.45) is 2.28. The third-order valence-electron chi connectivity index (χ3n) is 5.57. The number of aromatic nitrogens is 3. The molecule has 0 unspecified atom stereocenters. The number of hydrogen-bond acceptors (Lipinski definition) is 6. The van der Waals surface area contributed by atoms with E-state index in [4.69, 9.17) is 9.47 Å². The fraction of sp³-hybridized carbons (Fsp3) is 0.240. The zero-order valence-electron chi connectivity index (χ0n) is 19.5. The van der Waals surface area contributed by atoms with Crippen molar-refractivity contribution < 1.29 is 18.7 Å². The number of carbonyl (C=O) groups excluding carboxylic acids is 1. The second kappa shape index (κ2) is 9.78. The molecule has 0 aliphatic carbocycles. The molecule has 2 N–H and O–H groups in total.